The molecule has 0 bridgehead atoms. The molecule has 50 heavy (non-hydrogen) atoms. The van der Waals surface area contributed by atoms with Crippen molar-refractivity contribution >= 4 is 34.9 Å². The summed E-state index contributed by atoms with van der Waals surface area (Å²) in [5.41, 5.74) is 14.6. The Balaban J connectivity index is 0.000000872. The normalized spacial score (nSPS) is 10.9. The number of nitrogens with one attached hydrogen (secondary N) is 4. The van der Waals surface area contributed by atoms with E-state index in [1.54, 1.807) is 48.5 Å². The van der Waals surface area contributed by atoms with Gasteiger partial charge in [0.1, 0.15) is 18.1 Å². The first-order valence-corrected chi connectivity index (χ1v) is 15.1. The van der Waals surface area contributed by atoms with Crippen LogP contribution in [0.1, 0.15) is 47.8 Å². The zero-order valence-corrected chi connectivity index (χ0v) is 27.4. The van der Waals surface area contributed by atoms with E-state index in [0.717, 1.165) is 11.1 Å². The number of ketones is 1. The molecule has 0 aliphatic heterocycles. The van der Waals surface area contributed by atoms with Crippen LogP contribution in [0.2, 0.25) is 0 Å². The number of hydrogen-bond acceptors (Lipinski definition) is 9. The van der Waals surface area contributed by atoms with E-state index in [1.165, 1.54) is 29.0 Å². The van der Waals surface area contributed by atoms with Crippen LogP contribution >= 0.6 is 0 Å². The second-order valence-electron chi connectivity index (χ2n) is 11.3. The molecule has 0 atom stereocenters. The lowest BCUT2D eigenvalue weighted by Gasteiger charge is -2.17. The van der Waals surface area contributed by atoms with Gasteiger partial charge in [-0.25, -0.2) is 4.98 Å². The molecule has 13 nitrogen and oxygen atoms in total. The number of nitrogens with zero attached hydrogens (tertiary/aromatic N) is 2. The van der Waals surface area contributed by atoms with Crippen molar-refractivity contribution in [1.29, 1.82) is 5.41 Å². The van der Waals surface area contributed by atoms with Crippen molar-refractivity contribution in [3.8, 4) is 17.0 Å². The van der Waals surface area contributed by atoms with E-state index in [4.69, 9.17) is 16.9 Å². The Hall–Kier alpha value is -6.19. The number of Topliss-reactive ketones (excluding diaryl/α,β-unsaturated/α-hetero) is 1. The lowest BCUT2D eigenvalue weighted by molar-refractivity contribution is -0.168. The molecule has 0 aliphatic carbocycles. The Morgan fingerprint density at radius 1 is 0.940 bits per heavy atom. The molecule has 0 fully saturated rings. The van der Waals surface area contributed by atoms with Gasteiger partial charge in [-0.05, 0) is 55.3 Å². The molecule has 9 N–H and O–H groups in total. The number of rotatable bonds is 11. The van der Waals surface area contributed by atoms with E-state index < -0.39 is 29.3 Å². The van der Waals surface area contributed by atoms with Gasteiger partial charge in [0.2, 0.25) is 11.7 Å². The first kappa shape index (κ1) is 38.3. The quantitative estimate of drug-likeness (QED) is 0.0691. The summed E-state index contributed by atoms with van der Waals surface area (Å²) in [6.07, 6.45) is -3.17. The minimum atomic E-state index is -4.64. The largest absolute Gasteiger partial charge is 0.508 e. The number of nitrogen functional groups attached to an aromatic ring is 2. The summed E-state index contributed by atoms with van der Waals surface area (Å²) in [6.45, 7) is 4.33. The molecule has 0 spiro atoms. The second-order valence-corrected chi connectivity index (χ2v) is 11.3. The number of halogens is 3. The third kappa shape index (κ3) is 11.2. The van der Waals surface area contributed by atoms with E-state index in [9.17, 15) is 37.5 Å². The van der Waals surface area contributed by atoms with Crippen LogP contribution in [0.3, 0.4) is 0 Å². The Bertz CT molecular complexity index is 1910. The molecule has 0 saturated heterocycles. The van der Waals surface area contributed by atoms with E-state index >= 15 is 0 Å². The maximum atomic E-state index is 13.5. The minimum Gasteiger partial charge on any atom is -0.508 e. The Morgan fingerprint density at radius 3 is 2.04 bits per heavy atom. The number of anilines is 2. The van der Waals surface area contributed by atoms with E-state index in [0.29, 0.717) is 23.7 Å². The average molecular weight is 695 g/mol. The number of carbonyl (C=O) groups excluding carboxylic acids is 3. The van der Waals surface area contributed by atoms with Gasteiger partial charge in [0.05, 0.1) is 11.9 Å². The standard InChI is InChI=1S/C31H34N8O4.C3H3F3O/c1-18(2)38-29-31(43)39(17-27(41)35-14-19-3-7-21(8-4-19)28(33)34)26(16-36-29)22-11-23(13-24(32)12-22)30(42)37-15-20-5-9-25(40)10-6-20;1-2(7)3(4,5)6/h3-13,16,18,40H,14-15,17,32H2,1-2H3,(H3,33,34)(H,35,41)(H,36,38)(H,37,42);1H3. The molecular formula is C34H37F3N8O5. The summed E-state index contributed by atoms with van der Waals surface area (Å²) in [7, 11) is 0. The zero-order chi connectivity index (χ0) is 37.2. The Labute approximate surface area is 285 Å². The third-order valence-electron chi connectivity index (χ3n) is 6.84. The van der Waals surface area contributed by atoms with Crippen molar-refractivity contribution in [1.82, 2.24) is 20.2 Å². The molecule has 2 amide bonds. The highest BCUT2D eigenvalue weighted by Gasteiger charge is 2.33. The molecule has 0 aliphatic rings. The summed E-state index contributed by atoms with van der Waals surface area (Å²) in [5, 5.41) is 25.6. The van der Waals surface area contributed by atoms with E-state index in [1.807, 2.05) is 13.8 Å². The average Bonchev–Trinajstić information content (AvgIpc) is 3.04. The van der Waals surface area contributed by atoms with Crippen molar-refractivity contribution in [3.63, 3.8) is 0 Å². The lowest BCUT2D eigenvalue weighted by Crippen LogP contribution is -2.35. The summed E-state index contributed by atoms with van der Waals surface area (Å²) >= 11 is 0. The molecular weight excluding hydrogens is 657 g/mol. The maximum Gasteiger partial charge on any atom is 0.449 e. The number of amidine groups is 1. The Kier molecular flexibility index (Phi) is 12.8. The molecule has 3 aromatic carbocycles. The maximum absolute atomic E-state index is 13.5. The molecule has 0 radical (unpaired) electrons. The summed E-state index contributed by atoms with van der Waals surface area (Å²) in [5.74, 6) is -2.41. The summed E-state index contributed by atoms with van der Waals surface area (Å²) in [6, 6.07) is 18.0. The summed E-state index contributed by atoms with van der Waals surface area (Å²) < 4.78 is 33.8. The summed E-state index contributed by atoms with van der Waals surface area (Å²) in [4.78, 5) is 53.2. The number of phenolic OH excluding ortho intramolecular Hbond substituents is 1. The van der Waals surface area contributed by atoms with Crippen molar-refractivity contribution in [3.05, 3.63) is 106 Å². The van der Waals surface area contributed by atoms with Crippen molar-refractivity contribution < 1.29 is 32.7 Å². The molecule has 16 heteroatoms. The van der Waals surface area contributed by atoms with Crippen molar-refractivity contribution in [2.24, 2.45) is 5.73 Å². The highest BCUT2D eigenvalue weighted by molar-refractivity contribution is 5.96. The van der Waals surface area contributed by atoms with Crippen LogP contribution in [0.25, 0.3) is 11.3 Å². The predicted molar refractivity (Wildman–Crippen MR) is 182 cm³/mol. The van der Waals surface area contributed by atoms with Crippen molar-refractivity contribution in [2.45, 2.75) is 52.6 Å². The molecule has 264 valence electrons. The SMILES string of the molecule is CC(=O)C(F)(F)F.CC(C)Nc1ncc(-c2cc(N)cc(C(=O)NCc3ccc(O)cc3)c2)n(CC(=O)NCc2ccc(C(=N)N)cc2)c1=O. The number of hydrogen-bond donors (Lipinski definition) is 7. The topological polar surface area (TPSA) is 218 Å². The minimum absolute atomic E-state index is 0.0504. The van der Waals surface area contributed by atoms with Gasteiger partial charge in [0.15, 0.2) is 5.82 Å². The molecule has 4 aromatic rings. The third-order valence-corrected chi connectivity index (χ3v) is 6.84. The van der Waals surface area contributed by atoms with Crippen LogP contribution in [-0.4, -0.2) is 50.3 Å². The first-order chi connectivity index (χ1) is 23.4. The first-order valence-electron chi connectivity index (χ1n) is 15.1. The van der Waals surface area contributed by atoms with Crippen LogP contribution in [-0.2, 0) is 29.2 Å². The highest BCUT2D eigenvalue weighted by atomic mass is 19.4. The number of alkyl halides is 3. The number of amides is 2. The van der Waals surface area contributed by atoms with Crippen LogP contribution in [0.4, 0.5) is 24.7 Å². The molecule has 0 unspecified atom stereocenters. The van der Waals surface area contributed by atoms with E-state index in [2.05, 4.69) is 20.9 Å². The van der Waals surface area contributed by atoms with Crippen LogP contribution in [0.5, 0.6) is 5.75 Å². The van der Waals surface area contributed by atoms with E-state index in [-0.39, 0.29) is 54.3 Å². The lowest BCUT2D eigenvalue weighted by atomic mass is 10.1. The monoisotopic (exact) mass is 694 g/mol. The molecule has 1 heterocycles. The zero-order valence-electron chi connectivity index (χ0n) is 27.4. The number of carbonyl (C=O) groups is 3. The molecule has 4 rings (SSSR count). The fourth-order valence-electron chi connectivity index (χ4n) is 4.28. The predicted octanol–water partition coefficient (Wildman–Crippen LogP) is 3.69. The van der Waals surface area contributed by atoms with Gasteiger partial charge in [0, 0.05) is 48.4 Å². The second kappa shape index (κ2) is 16.8. The van der Waals surface area contributed by atoms with Gasteiger partial charge < -0.3 is 32.5 Å². The van der Waals surface area contributed by atoms with Crippen LogP contribution in [0, 0.1) is 5.41 Å². The van der Waals surface area contributed by atoms with Crippen LogP contribution < -0.4 is 33.0 Å². The number of benzene rings is 3. The smallest absolute Gasteiger partial charge is 0.449 e. The Morgan fingerprint density at radius 2 is 1.50 bits per heavy atom. The number of phenols is 1. The van der Waals surface area contributed by atoms with Gasteiger partial charge in [-0.15, -0.1) is 0 Å². The highest BCUT2D eigenvalue weighted by Crippen LogP contribution is 2.24. The number of aromatic hydroxyl groups is 1. The fourth-order valence-corrected chi connectivity index (χ4v) is 4.28. The number of aromatic nitrogens is 2. The van der Waals surface area contributed by atoms with Gasteiger partial charge >= 0.3 is 6.18 Å². The van der Waals surface area contributed by atoms with Crippen LogP contribution in [0.15, 0.2) is 77.7 Å². The molecule has 1 aromatic heterocycles. The molecule has 0 saturated carbocycles. The van der Waals surface area contributed by atoms with Gasteiger partial charge in [-0.1, -0.05) is 36.4 Å². The van der Waals surface area contributed by atoms with Gasteiger partial charge in [-0.3, -0.25) is 29.2 Å². The van der Waals surface area contributed by atoms with Gasteiger partial charge in [-0.2, -0.15) is 13.2 Å². The fraction of sp³-hybridized carbons (Fsp3) is 0.235. The van der Waals surface area contributed by atoms with Crippen molar-refractivity contribution in [2.75, 3.05) is 11.1 Å². The number of nitrogens with two attached hydrogens (primary N) is 2. The van der Waals surface area contributed by atoms with Gasteiger partial charge in [0.25, 0.3) is 11.5 Å².